The summed E-state index contributed by atoms with van der Waals surface area (Å²) in [6.07, 6.45) is 8.87. The summed E-state index contributed by atoms with van der Waals surface area (Å²) in [6, 6.07) is 23.5. The second kappa shape index (κ2) is 10.4. The van der Waals surface area contributed by atoms with Crippen LogP contribution in [0.3, 0.4) is 0 Å². The maximum atomic E-state index is 6.64. The molecule has 8 heteroatoms. The van der Waals surface area contributed by atoms with Crippen molar-refractivity contribution in [2.24, 2.45) is 0 Å². The summed E-state index contributed by atoms with van der Waals surface area (Å²) in [5.74, 6) is 0.892. The zero-order valence-electron chi connectivity index (χ0n) is 20.1. The molecule has 0 bridgehead atoms. The Labute approximate surface area is 232 Å². The molecular weight excluding hydrogens is 523 g/mol. The lowest BCUT2D eigenvalue weighted by Gasteiger charge is -2.29. The average Bonchev–Trinajstić information content (AvgIpc) is 3.66. The van der Waals surface area contributed by atoms with Gasteiger partial charge in [0.05, 0.1) is 28.5 Å². The van der Waals surface area contributed by atoms with Gasteiger partial charge in [0.1, 0.15) is 11.8 Å². The minimum atomic E-state index is -0.175. The van der Waals surface area contributed by atoms with Gasteiger partial charge in [0.25, 0.3) is 0 Å². The Morgan fingerprint density at radius 1 is 0.946 bits per heavy atom. The zero-order valence-corrected chi connectivity index (χ0v) is 22.4. The van der Waals surface area contributed by atoms with Gasteiger partial charge in [0.15, 0.2) is 5.11 Å². The number of hydrogen-bond donors (Lipinski definition) is 1. The first kappa shape index (κ1) is 24.3. The molecule has 4 aromatic rings. The van der Waals surface area contributed by atoms with E-state index in [1.54, 1.807) is 6.07 Å². The predicted molar refractivity (Wildman–Crippen MR) is 153 cm³/mol. The number of thiocarbonyl (C=S) groups is 1. The molecule has 2 aromatic heterocycles. The quantitative estimate of drug-likeness (QED) is 0.250. The van der Waals surface area contributed by atoms with Crippen LogP contribution in [-0.4, -0.2) is 20.8 Å². The summed E-state index contributed by atoms with van der Waals surface area (Å²) >= 11 is 18.7. The topological polar surface area (TPSA) is 42.3 Å². The lowest BCUT2D eigenvalue weighted by atomic mass is 10.0. The molecule has 3 heterocycles. The van der Waals surface area contributed by atoms with Gasteiger partial charge in [-0.15, -0.1) is 0 Å². The Kier molecular flexibility index (Phi) is 6.80. The highest BCUT2D eigenvalue weighted by Gasteiger charge is 2.42. The molecule has 1 N–H and O–H groups in total. The lowest BCUT2D eigenvalue weighted by Crippen LogP contribution is -2.30. The molecule has 0 spiro atoms. The van der Waals surface area contributed by atoms with Crippen LogP contribution in [0.2, 0.25) is 10.0 Å². The number of anilines is 1. The monoisotopic (exact) mass is 548 g/mol. The molecule has 1 aliphatic heterocycles. The van der Waals surface area contributed by atoms with Crippen molar-refractivity contribution in [1.82, 2.24) is 14.9 Å². The van der Waals surface area contributed by atoms with Crippen LogP contribution in [0.5, 0.6) is 5.75 Å². The highest BCUT2D eigenvalue weighted by Crippen LogP contribution is 2.43. The van der Waals surface area contributed by atoms with Crippen molar-refractivity contribution in [3.05, 3.63) is 107 Å². The van der Waals surface area contributed by atoms with Gasteiger partial charge in [0.2, 0.25) is 0 Å². The van der Waals surface area contributed by atoms with E-state index in [-0.39, 0.29) is 12.1 Å². The van der Waals surface area contributed by atoms with Crippen molar-refractivity contribution < 1.29 is 4.74 Å². The number of ether oxygens (including phenoxy) is 1. The highest BCUT2D eigenvalue weighted by molar-refractivity contribution is 7.80. The largest absolute Gasteiger partial charge is 0.490 e. The third kappa shape index (κ3) is 4.81. The van der Waals surface area contributed by atoms with E-state index in [1.165, 1.54) is 12.8 Å². The van der Waals surface area contributed by atoms with E-state index in [0.717, 1.165) is 41.4 Å². The van der Waals surface area contributed by atoms with Gasteiger partial charge in [0, 0.05) is 28.8 Å². The molecule has 6 rings (SSSR count). The van der Waals surface area contributed by atoms with Gasteiger partial charge >= 0.3 is 0 Å². The average molecular weight is 550 g/mol. The van der Waals surface area contributed by atoms with Crippen molar-refractivity contribution in [3.63, 3.8) is 0 Å². The summed E-state index contributed by atoms with van der Waals surface area (Å²) in [6.45, 7) is 0. The van der Waals surface area contributed by atoms with Crippen molar-refractivity contribution in [2.45, 2.75) is 43.9 Å². The standard InChI is InChI=1S/C29H26Cl2N4OS/c30-19-10-15-25(23(31)18-19)34-17-5-9-26(34)28-27(24-8-3-4-16-32-24)33-29(37)35(28)20-11-13-22(14-12-20)36-21-6-1-2-7-21/h3-5,8-18,21,27-28H,1-2,6-7H2,(H,33,37)/t27-,28+/m1/s1. The van der Waals surface area contributed by atoms with Crippen LogP contribution in [-0.2, 0) is 0 Å². The third-order valence-electron chi connectivity index (χ3n) is 7.07. The summed E-state index contributed by atoms with van der Waals surface area (Å²) in [7, 11) is 0. The molecule has 1 saturated carbocycles. The molecular formula is C29H26Cl2N4OS. The van der Waals surface area contributed by atoms with Crippen molar-refractivity contribution in [1.29, 1.82) is 0 Å². The molecule has 1 saturated heterocycles. The van der Waals surface area contributed by atoms with E-state index in [9.17, 15) is 0 Å². The number of nitrogens with zero attached hydrogens (tertiary/aromatic N) is 3. The molecule has 0 radical (unpaired) electrons. The van der Waals surface area contributed by atoms with Crippen LogP contribution < -0.4 is 15.0 Å². The van der Waals surface area contributed by atoms with Gasteiger partial charge in [-0.2, -0.15) is 0 Å². The molecule has 0 amide bonds. The van der Waals surface area contributed by atoms with Crippen LogP contribution in [0.1, 0.15) is 49.2 Å². The SMILES string of the molecule is S=C1N[C@H](c2ccccn2)[C@H](c2cccn2-c2ccc(Cl)cc2Cl)N1c1ccc(OC2CCCC2)cc1. The first-order valence-electron chi connectivity index (χ1n) is 12.5. The Morgan fingerprint density at radius 3 is 2.49 bits per heavy atom. The summed E-state index contributed by atoms with van der Waals surface area (Å²) in [5.41, 5.74) is 3.77. The Bertz CT molecular complexity index is 1400. The van der Waals surface area contributed by atoms with Crippen molar-refractivity contribution >= 4 is 46.2 Å². The Morgan fingerprint density at radius 2 is 1.76 bits per heavy atom. The van der Waals surface area contributed by atoms with Crippen molar-refractivity contribution in [2.75, 3.05) is 4.90 Å². The number of aromatic nitrogens is 2. The lowest BCUT2D eigenvalue weighted by molar-refractivity contribution is 0.210. The number of nitrogens with one attached hydrogen (secondary N) is 1. The van der Waals surface area contributed by atoms with E-state index < -0.39 is 0 Å². The zero-order chi connectivity index (χ0) is 25.4. The normalized spacial score (nSPS) is 19.8. The molecule has 37 heavy (non-hydrogen) atoms. The molecule has 2 aliphatic rings. The van der Waals surface area contributed by atoms with E-state index in [1.807, 2.05) is 60.9 Å². The molecule has 5 nitrogen and oxygen atoms in total. The third-order valence-corrected chi connectivity index (χ3v) is 7.92. The van der Waals surface area contributed by atoms with Crippen LogP contribution in [0.25, 0.3) is 5.69 Å². The Balaban J connectivity index is 1.41. The first-order chi connectivity index (χ1) is 18.1. The fourth-order valence-corrected chi connectivity index (χ4v) is 6.19. The van der Waals surface area contributed by atoms with Gasteiger partial charge in [-0.1, -0.05) is 29.3 Å². The molecule has 0 unspecified atom stereocenters. The Hall–Kier alpha value is -3.06. The second-order valence-electron chi connectivity index (χ2n) is 9.41. The van der Waals surface area contributed by atoms with Crippen LogP contribution in [0.4, 0.5) is 5.69 Å². The number of halogens is 2. The molecule has 188 valence electrons. The predicted octanol–water partition coefficient (Wildman–Crippen LogP) is 7.68. The number of hydrogen-bond acceptors (Lipinski definition) is 3. The van der Waals surface area contributed by atoms with Gasteiger partial charge in [-0.25, -0.2) is 0 Å². The van der Waals surface area contributed by atoms with Gasteiger partial charge in [-0.3, -0.25) is 4.98 Å². The number of pyridine rings is 1. The molecule has 2 aromatic carbocycles. The van der Waals surface area contributed by atoms with E-state index in [2.05, 4.69) is 38.0 Å². The van der Waals surface area contributed by atoms with Gasteiger partial charge < -0.3 is 19.5 Å². The van der Waals surface area contributed by atoms with E-state index in [4.69, 9.17) is 40.2 Å². The summed E-state index contributed by atoms with van der Waals surface area (Å²) in [5, 5.41) is 5.34. The maximum absolute atomic E-state index is 6.64. The smallest absolute Gasteiger partial charge is 0.174 e. The fraction of sp³-hybridized carbons (Fsp3) is 0.241. The maximum Gasteiger partial charge on any atom is 0.174 e. The van der Waals surface area contributed by atoms with E-state index >= 15 is 0 Å². The van der Waals surface area contributed by atoms with Crippen LogP contribution in [0.15, 0.2) is 85.2 Å². The minimum Gasteiger partial charge on any atom is -0.490 e. The molecule has 1 aliphatic carbocycles. The first-order valence-corrected chi connectivity index (χ1v) is 13.6. The molecule has 2 atom stereocenters. The number of rotatable bonds is 6. The molecule has 2 fully saturated rings. The highest BCUT2D eigenvalue weighted by atomic mass is 35.5. The summed E-state index contributed by atoms with van der Waals surface area (Å²) < 4.78 is 8.30. The van der Waals surface area contributed by atoms with E-state index in [0.29, 0.717) is 21.3 Å². The second-order valence-corrected chi connectivity index (χ2v) is 10.6. The fourth-order valence-electron chi connectivity index (χ4n) is 5.35. The number of benzene rings is 2. The van der Waals surface area contributed by atoms with Gasteiger partial charge in [-0.05, 0) is 105 Å². The minimum absolute atomic E-state index is 0.164. The summed E-state index contributed by atoms with van der Waals surface area (Å²) in [4.78, 5) is 6.82. The van der Waals surface area contributed by atoms with Crippen LogP contribution in [0, 0.1) is 0 Å². The van der Waals surface area contributed by atoms with Crippen LogP contribution >= 0.6 is 35.4 Å². The van der Waals surface area contributed by atoms with Crippen molar-refractivity contribution in [3.8, 4) is 11.4 Å².